The summed E-state index contributed by atoms with van der Waals surface area (Å²) < 4.78 is 52.8. The molecule has 1 aliphatic heterocycles. The summed E-state index contributed by atoms with van der Waals surface area (Å²) in [5.41, 5.74) is 6.79. The molecule has 2 heterocycles. The highest BCUT2D eigenvalue weighted by atomic mass is 32.2. The monoisotopic (exact) mass is 326 g/mol. The molecular weight excluding hydrogens is 314 g/mol. The largest absolute Gasteiger partial charge is 0.368 e. The van der Waals surface area contributed by atoms with Gasteiger partial charge in [-0.15, -0.1) is 0 Å². The van der Waals surface area contributed by atoms with Crippen LogP contribution in [-0.4, -0.2) is 29.2 Å². The van der Waals surface area contributed by atoms with Gasteiger partial charge in [0, 0.05) is 18.8 Å². The lowest BCUT2D eigenvalue weighted by Gasteiger charge is -2.27. The van der Waals surface area contributed by atoms with Crippen LogP contribution in [0.3, 0.4) is 0 Å². The molecule has 1 aromatic heterocycles. The van der Waals surface area contributed by atoms with Crippen molar-refractivity contribution >= 4 is 16.0 Å². The number of hydrogen-bond donors (Lipinski definition) is 1. The molecule has 0 aliphatic carbocycles. The molecule has 0 fully saturated rings. The number of nitrogen functional groups attached to an aromatic ring is 1. The predicted molar refractivity (Wildman–Crippen MR) is 74.1 cm³/mol. The zero-order valence-corrected chi connectivity index (χ0v) is 12.1. The number of sulfonamides is 1. The van der Waals surface area contributed by atoms with Gasteiger partial charge in [0.25, 0.3) is 0 Å². The zero-order chi connectivity index (χ0) is 15.9. The van der Waals surface area contributed by atoms with Crippen molar-refractivity contribution in [3.05, 3.63) is 47.3 Å². The Hall–Kier alpha value is -2.13. The number of benzene rings is 1. The maximum atomic E-state index is 13.8. The second-order valence-electron chi connectivity index (χ2n) is 4.86. The molecular formula is C13H12F2N4O2S. The summed E-state index contributed by atoms with van der Waals surface area (Å²) >= 11 is 0. The minimum absolute atomic E-state index is 0.0266. The van der Waals surface area contributed by atoms with Crippen molar-refractivity contribution in [1.82, 2.24) is 14.3 Å². The maximum Gasteiger partial charge on any atom is 0.246 e. The number of nitrogens with two attached hydrogens (primary N) is 1. The summed E-state index contributed by atoms with van der Waals surface area (Å²) in [6.45, 7) is 0.140. The third-order valence-corrected chi connectivity index (χ3v) is 5.32. The normalized spacial score (nSPS) is 15.5. The average molecular weight is 326 g/mol. The van der Waals surface area contributed by atoms with Crippen LogP contribution in [0.25, 0.3) is 0 Å². The molecule has 0 radical (unpaired) electrons. The molecule has 0 saturated heterocycles. The van der Waals surface area contributed by atoms with Crippen LogP contribution in [-0.2, 0) is 23.0 Å². The number of fused-ring (bicyclic) bond motifs is 1. The Bertz CT molecular complexity index is 842. The van der Waals surface area contributed by atoms with Crippen LogP contribution in [0.15, 0.2) is 29.3 Å². The lowest BCUT2D eigenvalue weighted by atomic mass is 10.1. The lowest BCUT2D eigenvalue weighted by Crippen LogP contribution is -2.37. The van der Waals surface area contributed by atoms with E-state index in [1.54, 1.807) is 6.20 Å². The first kappa shape index (κ1) is 14.8. The van der Waals surface area contributed by atoms with Crippen LogP contribution in [0.4, 0.5) is 14.7 Å². The third-order valence-electron chi connectivity index (χ3n) is 3.44. The fourth-order valence-electron chi connectivity index (χ4n) is 2.32. The number of nitrogens with zero attached hydrogens (tertiary/aromatic N) is 3. The highest BCUT2D eigenvalue weighted by Crippen LogP contribution is 2.25. The Morgan fingerprint density at radius 3 is 2.77 bits per heavy atom. The van der Waals surface area contributed by atoms with Gasteiger partial charge < -0.3 is 5.73 Å². The second-order valence-corrected chi connectivity index (χ2v) is 6.77. The van der Waals surface area contributed by atoms with Crippen molar-refractivity contribution in [2.45, 2.75) is 17.9 Å². The lowest BCUT2D eigenvalue weighted by molar-refractivity contribution is 0.382. The standard InChI is InChI=1S/C13H12F2N4O2S/c14-9-1-2-12(10(15)5-9)22(20,21)19-4-3-8-6-17-13(16)18-11(8)7-19/h1-2,5-6H,3-4,7H2,(H2,16,17,18). The molecule has 0 spiro atoms. The topological polar surface area (TPSA) is 89.2 Å². The van der Waals surface area contributed by atoms with E-state index >= 15 is 0 Å². The minimum atomic E-state index is -4.07. The molecule has 0 bridgehead atoms. The third kappa shape index (κ3) is 2.53. The number of hydrogen-bond acceptors (Lipinski definition) is 5. The van der Waals surface area contributed by atoms with Crippen molar-refractivity contribution in [2.75, 3.05) is 12.3 Å². The summed E-state index contributed by atoms with van der Waals surface area (Å²) in [4.78, 5) is 7.32. The van der Waals surface area contributed by atoms with Crippen molar-refractivity contribution in [3.8, 4) is 0 Å². The SMILES string of the molecule is Nc1ncc2c(n1)CN(S(=O)(=O)c1ccc(F)cc1F)CC2. The summed E-state index contributed by atoms with van der Waals surface area (Å²) in [5.74, 6) is -1.90. The van der Waals surface area contributed by atoms with E-state index in [1.807, 2.05) is 0 Å². The molecule has 0 unspecified atom stereocenters. The van der Waals surface area contributed by atoms with Gasteiger partial charge in [0.15, 0.2) is 0 Å². The van der Waals surface area contributed by atoms with Gasteiger partial charge in [-0.05, 0) is 24.1 Å². The number of halogens is 2. The molecule has 116 valence electrons. The van der Waals surface area contributed by atoms with E-state index in [0.29, 0.717) is 18.2 Å². The molecule has 9 heteroatoms. The van der Waals surface area contributed by atoms with Gasteiger partial charge in [0.2, 0.25) is 16.0 Å². The van der Waals surface area contributed by atoms with Crippen LogP contribution < -0.4 is 5.73 Å². The maximum absolute atomic E-state index is 13.8. The van der Waals surface area contributed by atoms with Crippen molar-refractivity contribution in [1.29, 1.82) is 0 Å². The van der Waals surface area contributed by atoms with E-state index in [1.165, 1.54) is 0 Å². The van der Waals surface area contributed by atoms with E-state index in [0.717, 1.165) is 22.0 Å². The van der Waals surface area contributed by atoms with Gasteiger partial charge in [-0.25, -0.2) is 27.2 Å². The fourth-order valence-corrected chi connectivity index (χ4v) is 3.77. The van der Waals surface area contributed by atoms with Crippen LogP contribution in [0.2, 0.25) is 0 Å². The quantitative estimate of drug-likeness (QED) is 0.892. The van der Waals surface area contributed by atoms with Crippen molar-refractivity contribution in [3.63, 3.8) is 0 Å². The zero-order valence-electron chi connectivity index (χ0n) is 11.3. The molecule has 6 nitrogen and oxygen atoms in total. The van der Waals surface area contributed by atoms with E-state index in [9.17, 15) is 17.2 Å². The van der Waals surface area contributed by atoms with Crippen molar-refractivity contribution in [2.24, 2.45) is 0 Å². The molecule has 0 atom stereocenters. The van der Waals surface area contributed by atoms with E-state index in [2.05, 4.69) is 9.97 Å². The van der Waals surface area contributed by atoms with Crippen molar-refractivity contribution < 1.29 is 17.2 Å². The molecule has 2 aromatic rings. The number of rotatable bonds is 2. The highest BCUT2D eigenvalue weighted by molar-refractivity contribution is 7.89. The van der Waals surface area contributed by atoms with Gasteiger partial charge in [-0.1, -0.05) is 0 Å². The smallest absolute Gasteiger partial charge is 0.246 e. The Morgan fingerprint density at radius 1 is 1.27 bits per heavy atom. The summed E-state index contributed by atoms with van der Waals surface area (Å²) in [5, 5.41) is 0. The van der Waals surface area contributed by atoms with Gasteiger partial charge in [-0.3, -0.25) is 0 Å². The summed E-state index contributed by atoms with van der Waals surface area (Å²) in [6.07, 6.45) is 1.96. The number of anilines is 1. The van der Waals surface area contributed by atoms with Crippen LogP contribution >= 0.6 is 0 Å². The van der Waals surface area contributed by atoms with E-state index in [-0.39, 0.29) is 19.0 Å². The Morgan fingerprint density at radius 2 is 2.05 bits per heavy atom. The first-order valence-corrected chi connectivity index (χ1v) is 7.87. The summed E-state index contributed by atoms with van der Waals surface area (Å²) in [6, 6.07) is 2.38. The second kappa shape index (κ2) is 5.25. The number of aromatic nitrogens is 2. The van der Waals surface area contributed by atoms with Gasteiger partial charge in [-0.2, -0.15) is 4.31 Å². The molecule has 0 saturated carbocycles. The van der Waals surface area contributed by atoms with Crippen LogP contribution in [0.5, 0.6) is 0 Å². The highest BCUT2D eigenvalue weighted by Gasteiger charge is 2.31. The fraction of sp³-hybridized carbons (Fsp3) is 0.231. The van der Waals surface area contributed by atoms with Crippen LogP contribution in [0, 0.1) is 11.6 Å². The first-order chi connectivity index (χ1) is 10.4. The Kier molecular flexibility index (Phi) is 3.53. The van der Waals surface area contributed by atoms with Crippen LogP contribution in [0.1, 0.15) is 11.3 Å². The molecule has 2 N–H and O–H groups in total. The first-order valence-electron chi connectivity index (χ1n) is 6.43. The van der Waals surface area contributed by atoms with E-state index in [4.69, 9.17) is 5.73 Å². The minimum Gasteiger partial charge on any atom is -0.368 e. The Balaban J connectivity index is 1.97. The molecule has 3 rings (SSSR count). The predicted octanol–water partition coefficient (Wildman–Crippen LogP) is 1.08. The average Bonchev–Trinajstić information content (AvgIpc) is 2.46. The summed E-state index contributed by atoms with van der Waals surface area (Å²) in [7, 11) is -4.07. The molecule has 0 amide bonds. The molecule has 1 aromatic carbocycles. The Labute approximate surface area is 125 Å². The van der Waals surface area contributed by atoms with Gasteiger partial charge in [0.1, 0.15) is 16.5 Å². The van der Waals surface area contributed by atoms with E-state index < -0.39 is 26.6 Å². The van der Waals surface area contributed by atoms with Gasteiger partial charge in [0.05, 0.1) is 12.2 Å². The molecule has 22 heavy (non-hydrogen) atoms. The van der Waals surface area contributed by atoms with Gasteiger partial charge >= 0.3 is 0 Å². The molecule has 1 aliphatic rings.